The van der Waals surface area contributed by atoms with Crippen LogP contribution in [0.5, 0.6) is 0 Å². The summed E-state index contributed by atoms with van der Waals surface area (Å²) in [5.74, 6) is 0.122. The molecule has 5 nitrogen and oxygen atoms in total. The van der Waals surface area contributed by atoms with E-state index < -0.39 is 11.8 Å². The molecule has 92 valence electrons. The van der Waals surface area contributed by atoms with Gasteiger partial charge in [-0.25, -0.2) is 4.79 Å². The number of rotatable bonds is 2. The van der Waals surface area contributed by atoms with E-state index in [0.29, 0.717) is 5.56 Å². The summed E-state index contributed by atoms with van der Waals surface area (Å²) < 4.78 is 4.90. The molecule has 0 aromatic heterocycles. The average molecular weight is 236 g/mol. The van der Waals surface area contributed by atoms with Gasteiger partial charge in [-0.1, -0.05) is 35.5 Å². The molecule has 0 saturated carbocycles. The number of hydrogen-bond donors (Lipinski definition) is 1. The predicted octanol–water partition coefficient (Wildman–Crippen LogP) is 2.26. The third kappa shape index (κ3) is 5.01. The Bertz CT molecular complexity index is 408. The maximum Gasteiger partial charge on any atom is 0.535 e. The highest BCUT2D eigenvalue weighted by Crippen LogP contribution is 2.08. The van der Waals surface area contributed by atoms with Crippen LogP contribution in [0.1, 0.15) is 26.3 Å². The van der Waals surface area contributed by atoms with Gasteiger partial charge in [0.05, 0.1) is 0 Å². The summed E-state index contributed by atoms with van der Waals surface area (Å²) in [5, 5.41) is 3.50. The van der Waals surface area contributed by atoms with Crippen LogP contribution in [0.2, 0.25) is 0 Å². The minimum absolute atomic E-state index is 0.122. The normalized spacial score (nSPS) is 12.1. The second-order valence-corrected chi connectivity index (χ2v) is 4.40. The number of ether oxygens (including phenoxy) is 1. The van der Waals surface area contributed by atoms with E-state index in [0.717, 1.165) is 0 Å². The van der Waals surface area contributed by atoms with Gasteiger partial charge in [0.2, 0.25) is 0 Å². The summed E-state index contributed by atoms with van der Waals surface area (Å²) >= 11 is 0. The first-order valence-electron chi connectivity index (χ1n) is 5.17. The summed E-state index contributed by atoms with van der Waals surface area (Å²) in [6, 6.07) is 9.00. The van der Waals surface area contributed by atoms with E-state index in [1.165, 1.54) is 0 Å². The van der Waals surface area contributed by atoms with Crippen molar-refractivity contribution in [2.45, 2.75) is 26.4 Å². The molecule has 1 aromatic rings. The summed E-state index contributed by atoms with van der Waals surface area (Å²) in [6.45, 7) is 5.20. The average Bonchev–Trinajstić information content (AvgIpc) is 2.25. The monoisotopic (exact) mass is 236 g/mol. The highest BCUT2D eigenvalue weighted by Gasteiger charge is 2.17. The van der Waals surface area contributed by atoms with Gasteiger partial charge in [0.25, 0.3) is 0 Å². The highest BCUT2D eigenvalue weighted by atomic mass is 16.8. The lowest BCUT2D eigenvalue weighted by atomic mass is 10.2. The topological polar surface area (TPSA) is 73.9 Å². The SMILES string of the molecule is CC(C)(C)OC(=O)O/N=C(/N)c1ccccc1. The van der Waals surface area contributed by atoms with Crippen molar-refractivity contribution in [1.29, 1.82) is 0 Å². The van der Waals surface area contributed by atoms with E-state index in [1.54, 1.807) is 32.9 Å². The third-order valence-corrected chi connectivity index (χ3v) is 1.68. The number of hydrogen-bond acceptors (Lipinski definition) is 4. The van der Waals surface area contributed by atoms with Gasteiger partial charge in [0.15, 0.2) is 5.84 Å². The first kappa shape index (κ1) is 13.0. The van der Waals surface area contributed by atoms with E-state index in [-0.39, 0.29) is 5.84 Å². The molecule has 17 heavy (non-hydrogen) atoms. The molecule has 0 atom stereocenters. The summed E-state index contributed by atoms with van der Waals surface area (Å²) in [5.41, 5.74) is 5.68. The zero-order valence-corrected chi connectivity index (χ0v) is 10.1. The van der Waals surface area contributed by atoms with Gasteiger partial charge in [0.1, 0.15) is 5.60 Å². The first-order chi connectivity index (χ1) is 7.88. The predicted molar refractivity (Wildman–Crippen MR) is 64.5 cm³/mol. The fourth-order valence-corrected chi connectivity index (χ4v) is 1.02. The smallest absolute Gasteiger partial charge is 0.427 e. The molecule has 1 aromatic carbocycles. The van der Waals surface area contributed by atoms with Gasteiger partial charge in [-0.15, -0.1) is 0 Å². The van der Waals surface area contributed by atoms with Crippen LogP contribution in [0.4, 0.5) is 4.79 Å². The van der Waals surface area contributed by atoms with Crippen LogP contribution in [0.25, 0.3) is 0 Å². The lowest BCUT2D eigenvalue weighted by Gasteiger charge is -2.17. The Kier molecular flexibility index (Phi) is 4.09. The van der Waals surface area contributed by atoms with Crippen molar-refractivity contribution in [3.8, 4) is 0 Å². The van der Waals surface area contributed by atoms with Crippen molar-refractivity contribution >= 4 is 12.0 Å². The molecule has 0 spiro atoms. The molecule has 0 aliphatic heterocycles. The van der Waals surface area contributed by atoms with E-state index in [1.807, 2.05) is 18.2 Å². The Morgan fingerprint density at radius 2 is 1.82 bits per heavy atom. The van der Waals surface area contributed by atoms with Crippen molar-refractivity contribution < 1.29 is 14.4 Å². The summed E-state index contributed by atoms with van der Waals surface area (Å²) in [7, 11) is 0. The van der Waals surface area contributed by atoms with Gasteiger partial charge >= 0.3 is 6.16 Å². The summed E-state index contributed by atoms with van der Waals surface area (Å²) in [4.78, 5) is 15.7. The van der Waals surface area contributed by atoms with Crippen LogP contribution in [-0.2, 0) is 9.57 Å². The Morgan fingerprint density at radius 1 is 1.24 bits per heavy atom. The van der Waals surface area contributed by atoms with Crippen LogP contribution >= 0.6 is 0 Å². The first-order valence-corrected chi connectivity index (χ1v) is 5.17. The number of benzene rings is 1. The van der Waals surface area contributed by atoms with Gasteiger partial charge < -0.3 is 10.5 Å². The van der Waals surface area contributed by atoms with E-state index >= 15 is 0 Å². The van der Waals surface area contributed by atoms with E-state index in [4.69, 9.17) is 10.5 Å². The fraction of sp³-hybridized carbons (Fsp3) is 0.333. The van der Waals surface area contributed by atoms with Crippen molar-refractivity contribution in [1.82, 2.24) is 0 Å². The van der Waals surface area contributed by atoms with Crippen LogP contribution in [0.3, 0.4) is 0 Å². The zero-order chi connectivity index (χ0) is 12.9. The molecule has 0 aliphatic carbocycles. The van der Waals surface area contributed by atoms with Crippen molar-refractivity contribution in [3.63, 3.8) is 0 Å². The third-order valence-electron chi connectivity index (χ3n) is 1.68. The molecule has 2 N–H and O–H groups in total. The Morgan fingerprint density at radius 3 is 2.35 bits per heavy atom. The second kappa shape index (κ2) is 5.34. The van der Waals surface area contributed by atoms with Crippen molar-refractivity contribution in [3.05, 3.63) is 35.9 Å². The van der Waals surface area contributed by atoms with Gasteiger partial charge in [-0.3, -0.25) is 4.84 Å². The number of carbonyl (C=O) groups excluding carboxylic acids is 1. The van der Waals surface area contributed by atoms with Crippen LogP contribution in [0, 0.1) is 0 Å². The van der Waals surface area contributed by atoms with E-state index in [9.17, 15) is 4.79 Å². The molecule has 0 aliphatic rings. The number of amidine groups is 1. The van der Waals surface area contributed by atoms with Gasteiger partial charge in [0, 0.05) is 5.56 Å². The highest BCUT2D eigenvalue weighted by molar-refractivity contribution is 5.97. The molecule has 0 radical (unpaired) electrons. The number of nitrogens with zero attached hydrogens (tertiary/aromatic N) is 1. The minimum atomic E-state index is -0.878. The molecule has 0 bridgehead atoms. The van der Waals surface area contributed by atoms with Crippen LogP contribution in [0.15, 0.2) is 35.5 Å². The summed E-state index contributed by atoms with van der Waals surface area (Å²) in [6.07, 6.45) is -0.878. The van der Waals surface area contributed by atoms with E-state index in [2.05, 4.69) is 9.99 Å². The van der Waals surface area contributed by atoms with Crippen LogP contribution in [-0.4, -0.2) is 17.6 Å². The molecule has 0 saturated heterocycles. The Labute approximate surface area is 100 Å². The van der Waals surface area contributed by atoms with Crippen molar-refractivity contribution in [2.75, 3.05) is 0 Å². The molecular formula is C12H16N2O3. The standard InChI is InChI=1S/C12H16N2O3/c1-12(2,3)16-11(15)17-14-10(13)9-7-5-4-6-8-9/h4-8H,1-3H3,(H2,13,14). The maximum absolute atomic E-state index is 11.2. The minimum Gasteiger partial charge on any atom is -0.427 e. The van der Waals surface area contributed by atoms with Crippen molar-refractivity contribution in [2.24, 2.45) is 10.9 Å². The largest absolute Gasteiger partial charge is 0.535 e. The molecule has 0 amide bonds. The molecule has 0 heterocycles. The Hall–Kier alpha value is -2.04. The molecule has 1 rings (SSSR count). The quantitative estimate of drug-likeness (QED) is 0.281. The zero-order valence-electron chi connectivity index (χ0n) is 10.1. The van der Waals surface area contributed by atoms with Crippen LogP contribution < -0.4 is 5.73 Å². The van der Waals surface area contributed by atoms with Gasteiger partial charge in [-0.2, -0.15) is 0 Å². The van der Waals surface area contributed by atoms with Gasteiger partial charge in [-0.05, 0) is 20.8 Å². The second-order valence-electron chi connectivity index (χ2n) is 4.40. The number of carbonyl (C=O) groups is 1. The molecule has 5 heteroatoms. The fourth-order valence-electron chi connectivity index (χ4n) is 1.02. The Balaban J connectivity index is 2.57. The molecular weight excluding hydrogens is 220 g/mol. The number of nitrogens with two attached hydrogens (primary N) is 1. The molecule has 0 fully saturated rings. The maximum atomic E-state index is 11.2. The lowest BCUT2D eigenvalue weighted by molar-refractivity contribution is -0.00623. The lowest BCUT2D eigenvalue weighted by Crippen LogP contribution is -2.24. The molecule has 0 unspecified atom stereocenters. The number of oxime groups is 1.